The average Bonchev–Trinajstić information content (AvgIpc) is 2.18. The van der Waals surface area contributed by atoms with Crippen molar-refractivity contribution in [3.05, 3.63) is 22.7 Å². The molecule has 6 heteroatoms. The molecule has 0 aliphatic carbocycles. The van der Waals surface area contributed by atoms with E-state index in [-0.39, 0.29) is 11.1 Å². The highest BCUT2D eigenvalue weighted by atomic mass is 32.2. The molecule has 0 aliphatic heterocycles. The van der Waals surface area contributed by atoms with Crippen molar-refractivity contribution in [3.63, 3.8) is 0 Å². The van der Waals surface area contributed by atoms with E-state index in [0.29, 0.717) is 18.1 Å². The first-order chi connectivity index (χ1) is 7.82. The zero-order valence-corrected chi connectivity index (χ0v) is 11.5. The maximum atomic E-state index is 12.1. The second kappa shape index (κ2) is 5.44. The Morgan fingerprint density at radius 3 is 2.65 bits per heavy atom. The summed E-state index contributed by atoms with van der Waals surface area (Å²) in [5.74, 6) is 0.818. The summed E-state index contributed by atoms with van der Waals surface area (Å²) in [6, 6.07) is 0. The van der Waals surface area contributed by atoms with Crippen LogP contribution in [-0.4, -0.2) is 32.3 Å². The maximum Gasteiger partial charge on any atom is 0.293 e. The number of anilines is 1. The van der Waals surface area contributed by atoms with Crippen molar-refractivity contribution in [2.75, 3.05) is 23.9 Å². The van der Waals surface area contributed by atoms with E-state index in [2.05, 4.69) is 10.3 Å². The summed E-state index contributed by atoms with van der Waals surface area (Å²) in [6.45, 7) is 6.36. The summed E-state index contributed by atoms with van der Waals surface area (Å²) in [5, 5.41) is 2.92. The first kappa shape index (κ1) is 13.9. The molecule has 0 saturated carbocycles. The van der Waals surface area contributed by atoms with E-state index in [1.807, 2.05) is 20.8 Å². The number of hydrogen-bond donors (Lipinski definition) is 1. The van der Waals surface area contributed by atoms with Crippen molar-refractivity contribution < 1.29 is 4.21 Å². The van der Waals surface area contributed by atoms with Crippen LogP contribution in [-0.2, 0) is 16.3 Å². The molecule has 17 heavy (non-hydrogen) atoms. The predicted molar refractivity (Wildman–Crippen MR) is 70.9 cm³/mol. The summed E-state index contributed by atoms with van der Waals surface area (Å²) in [7, 11) is -0.867. The van der Waals surface area contributed by atoms with E-state index < -0.39 is 10.8 Å². The number of hydrogen-bond acceptors (Lipinski definition) is 4. The zero-order chi connectivity index (χ0) is 13.1. The third kappa shape index (κ3) is 3.96. The van der Waals surface area contributed by atoms with E-state index in [0.717, 1.165) is 0 Å². The molecule has 1 N–H and O–H groups in total. The van der Waals surface area contributed by atoms with Gasteiger partial charge in [-0.3, -0.25) is 9.00 Å². The second-order valence-corrected chi connectivity index (χ2v) is 6.38. The lowest BCUT2D eigenvalue weighted by molar-refractivity contribution is 0.383. The number of nitrogens with zero attached hydrogens (tertiary/aromatic N) is 2. The van der Waals surface area contributed by atoms with Gasteiger partial charge in [-0.25, -0.2) is 4.98 Å². The average molecular weight is 257 g/mol. The first-order valence-corrected chi connectivity index (χ1v) is 7.17. The highest BCUT2D eigenvalue weighted by Crippen LogP contribution is 2.10. The minimum absolute atomic E-state index is 0.151. The van der Waals surface area contributed by atoms with Crippen LogP contribution in [0.5, 0.6) is 0 Å². The van der Waals surface area contributed by atoms with Gasteiger partial charge < -0.3 is 9.88 Å². The molecule has 0 bridgehead atoms. The molecule has 1 aromatic rings. The highest BCUT2D eigenvalue weighted by molar-refractivity contribution is 7.84. The van der Waals surface area contributed by atoms with Gasteiger partial charge in [-0.05, 0) is 20.8 Å². The molecule has 1 atom stereocenters. The highest BCUT2D eigenvalue weighted by Gasteiger charge is 2.16. The van der Waals surface area contributed by atoms with Crippen LogP contribution in [0.25, 0.3) is 0 Å². The number of nitrogens with one attached hydrogen (secondary N) is 1. The molecule has 0 saturated heterocycles. The van der Waals surface area contributed by atoms with Crippen LogP contribution in [0, 0.1) is 0 Å². The second-order valence-electron chi connectivity index (χ2n) is 4.83. The van der Waals surface area contributed by atoms with Crippen LogP contribution in [0.1, 0.15) is 20.8 Å². The minimum atomic E-state index is -0.867. The largest absolute Gasteiger partial charge is 0.365 e. The molecule has 0 amide bonds. The monoisotopic (exact) mass is 257 g/mol. The molecular formula is C11H19N3O2S. The minimum Gasteiger partial charge on any atom is -0.365 e. The summed E-state index contributed by atoms with van der Waals surface area (Å²) in [5.41, 5.74) is -0.425. The van der Waals surface area contributed by atoms with E-state index >= 15 is 0 Å². The van der Waals surface area contributed by atoms with Crippen LogP contribution < -0.4 is 10.9 Å². The Bertz CT molecular complexity index is 463. The molecule has 5 nitrogen and oxygen atoms in total. The standard InChI is InChI=1S/C11H19N3O2S/c1-11(2,3)14-7-5-12-9(10(14)15)13-6-8-17(4)16/h5,7H,6,8H2,1-4H3,(H,12,13). The van der Waals surface area contributed by atoms with Gasteiger partial charge in [0.15, 0.2) is 5.82 Å². The van der Waals surface area contributed by atoms with E-state index in [4.69, 9.17) is 0 Å². The molecule has 96 valence electrons. The van der Waals surface area contributed by atoms with Gasteiger partial charge in [0.05, 0.1) is 0 Å². The van der Waals surface area contributed by atoms with Crippen molar-refractivity contribution in [2.24, 2.45) is 0 Å². The third-order valence-corrected chi connectivity index (χ3v) is 3.02. The smallest absolute Gasteiger partial charge is 0.293 e. The Labute approximate surface area is 104 Å². The molecule has 1 rings (SSSR count). The Morgan fingerprint density at radius 1 is 1.47 bits per heavy atom. The molecule has 1 aromatic heterocycles. The molecule has 0 fully saturated rings. The predicted octanol–water partition coefficient (Wildman–Crippen LogP) is 0.789. The van der Waals surface area contributed by atoms with Crippen molar-refractivity contribution in [3.8, 4) is 0 Å². The Hall–Kier alpha value is -1.17. The van der Waals surface area contributed by atoms with Crippen molar-refractivity contribution >= 4 is 16.6 Å². The van der Waals surface area contributed by atoms with Gasteiger partial charge in [-0.15, -0.1) is 0 Å². The van der Waals surface area contributed by atoms with Gasteiger partial charge in [0.1, 0.15) is 0 Å². The molecule has 0 aliphatic rings. The fourth-order valence-corrected chi connectivity index (χ4v) is 1.76. The van der Waals surface area contributed by atoms with E-state index in [9.17, 15) is 9.00 Å². The fraction of sp³-hybridized carbons (Fsp3) is 0.636. The van der Waals surface area contributed by atoms with Crippen molar-refractivity contribution in [2.45, 2.75) is 26.3 Å². The lowest BCUT2D eigenvalue weighted by Crippen LogP contribution is -2.35. The van der Waals surface area contributed by atoms with Gasteiger partial charge in [-0.1, -0.05) is 0 Å². The van der Waals surface area contributed by atoms with Crippen LogP contribution in [0.15, 0.2) is 17.2 Å². The van der Waals surface area contributed by atoms with Gasteiger partial charge in [0, 0.05) is 47.3 Å². The Morgan fingerprint density at radius 2 is 2.12 bits per heavy atom. The molecule has 0 radical (unpaired) electrons. The number of aromatic nitrogens is 2. The molecule has 1 unspecified atom stereocenters. The van der Waals surface area contributed by atoms with Gasteiger partial charge in [0.25, 0.3) is 5.56 Å². The van der Waals surface area contributed by atoms with Crippen LogP contribution in [0.2, 0.25) is 0 Å². The van der Waals surface area contributed by atoms with Crippen LogP contribution in [0.3, 0.4) is 0 Å². The van der Waals surface area contributed by atoms with Crippen LogP contribution in [0.4, 0.5) is 5.82 Å². The van der Waals surface area contributed by atoms with Crippen LogP contribution >= 0.6 is 0 Å². The Balaban J connectivity index is 2.88. The summed E-state index contributed by atoms with van der Waals surface area (Å²) in [4.78, 5) is 16.1. The summed E-state index contributed by atoms with van der Waals surface area (Å²) in [6.07, 6.45) is 4.90. The fourth-order valence-electron chi connectivity index (χ4n) is 1.37. The maximum absolute atomic E-state index is 12.1. The summed E-state index contributed by atoms with van der Waals surface area (Å²) < 4.78 is 12.5. The lowest BCUT2D eigenvalue weighted by atomic mass is 10.1. The topological polar surface area (TPSA) is 64.0 Å². The molecule has 0 aromatic carbocycles. The van der Waals surface area contributed by atoms with Gasteiger partial charge in [-0.2, -0.15) is 0 Å². The lowest BCUT2D eigenvalue weighted by Gasteiger charge is -2.22. The number of rotatable bonds is 4. The zero-order valence-electron chi connectivity index (χ0n) is 10.7. The molecule has 0 spiro atoms. The van der Waals surface area contributed by atoms with Crippen molar-refractivity contribution in [1.82, 2.24) is 9.55 Å². The first-order valence-electron chi connectivity index (χ1n) is 5.44. The quantitative estimate of drug-likeness (QED) is 0.866. The molecule has 1 heterocycles. The van der Waals surface area contributed by atoms with E-state index in [1.165, 1.54) is 0 Å². The third-order valence-electron chi connectivity index (χ3n) is 2.25. The molecular weight excluding hydrogens is 238 g/mol. The SMILES string of the molecule is CS(=O)CCNc1nccn(C(C)(C)C)c1=O. The summed E-state index contributed by atoms with van der Waals surface area (Å²) >= 11 is 0. The van der Waals surface area contributed by atoms with Crippen molar-refractivity contribution in [1.29, 1.82) is 0 Å². The van der Waals surface area contributed by atoms with Gasteiger partial charge in [0.2, 0.25) is 0 Å². The Kier molecular flexibility index (Phi) is 4.45. The normalized spacial score (nSPS) is 13.4. The van der Waals surface area contributed by atoms with E-state index in [1.54, 1.807) is 23.2 Å². The van der Waals surface area contributed by atoms with Gasteiger partial charge >= 0.3 is 0 Å².